The summed E-state index contributed by atoms with van der Waals surface area (Å²) in [6.07, 6.45) is 4.30. The Morgan fingerprint density at radius 1 is 1.11 bits per heavy atom. The third-order valence-electron chi connectivity index (χ3n) is 4.41. The molecule has 2 fully saturated rings. The van der Waals surface area contributed by atoms with Crippen molar-refractivity contribution in [2.45, 2.75) is 31.2 Å². The highest BCUT2D eigenvalue weighted by atomic mass is 35.5. The smallest absolute Gasteiger partial charge is 0.0249 e. The topological polar surface area (TPSA) is 29.3 Å². The van der Waals surface area contributed by atoms with Crippen molar-refractivity contribution in [1.82, 2.24) is 4.90 Å². The van der Waals surface area contributed by atoms with Crippen LogP contribution in [0.2, 0.25) is 0 Å². The molecule has 2 atom stereocenters. The minimum atomic E-state index is 0. The molecule has 0 spiro atoms. The number of rotatable bonds is 3. The van der Waals surface area contributed by atoms with Gasteiger partial charge in [-0.1, -0.05) is 36.8 Å². The molecule has 100 valence electrons. The Labute approximate surface area is 116 Å². The average molecular weight is 267 g/mol. The lowest BCUT2D eigenvalue weighted by atomic mass is 9.85. The highest BCUT2D eigenvalue weighted by Crippen LogP contribution is 2.31. The van der Waals surface area contributed by atoms with Crippen molar-refractivity contribution in [3.8, 4) is 0 Å². The number of benzene rings is 1. The van der Waals surface area contributed by atoms with Gasteiger partial charge < -0.3 is 10.6 Å². The highest BCUT2D eigenvalue weighted by molar-refractivity contribution is 5.85. The van der Waals surface area contributed by atoms with E-state index in [2.05, 4.69) is 35.2 Å². The molecule has 1 aromatic rings. The number of nitrogens with zero attached hydrogens (tertiary/aromatic N) is 1. The van der Waals surface area contributed by atoms with Crippen molar-refractivity contribution in [2.75, 3.05) is 19.6 Å². The van der Waals surface area contributed by atoms with Crippen molar-refractivity contribution in [3.05, 3.63) is 35.9 Å². The third-order valence-corrected chi connectivity index (χ3v) is 4.41. The van der Waals surface area contributed by atoms with E-state index in [4.69, 9.17) is 5.73 Å². The number of likely N-dealkylation sites (tertiary alicyclic amines) is 1. The fourth-order valence-electron chi connectivity index (χ4n) is 3.16. The van der Waals surface area contributed by atoms with Crippen LogP contribution in [0.15, 0.2) is 30.3 Å². The quantitative estimate of drug-likeness (QED) is 0.911. The first-order valence-corrected chi connectivity index (χ1v) is 6.86. The summed E-state index contributed by atoms with van der Waals surface area (Å²) in [6, 6.07) is 11.1. The zero-order valence-electron chi connectivity index (χ0n) is 10.8. The lowest BCUT2D eigenvalue weighted by Gasteiger charge is -2.30. The summed E-state index contributed by atoms with van der Waals surface area (Å²) in [7, 11) is 0. The Kier molecular flexibility index (Phi) is 4.66. The lowest BCUT2D eigenvalue weighted by molar-refractivity contribution is 0.202. The monoisotopic (exact) mass is 266 g/mol. The molecular weight excluding hydrogens is 244 g/mol. The van der Waals surface area contributed by atoms with Crippen LogP contribution in [0, 0.1) is 5.92 Å². The van der Waals surface area contributed by atoms with Gasteiger partial charge in [-0.05, 0) is 24.3 Å². The summed E-state index contributed by atoms with van der Waals surface area (Å²) in [4.78, 5) is 2.58. The normalized spacial score (nSPS) is 28.7. The second-order valence-corrected chi connectivity index (χ2v) is 5.70. The molecule has 1 aliphatic carbocycles. The van der Waals surface area contributed by atoms with Crippen molar-refractivity contribution in [2.24, 2.45) is 11.7 Å². The second kappa shape index (κ2) is 6.05. The Morgan fingerprint density at radius 2 is 1.83 bits per heavy atom. The van der Waals surface area contributed by atoms with Gasteiger partial charge in [-0.25, -0.2) is 0 Å². The Bertz CT molecular complexity index is 364. The average Bonchev–Trinajstić information content (AvgIpc) is 2.66. The van der Waals surface area contributed by atoms with Crippen molar-refractivity contribution < 1.29 is 0 Å². The summed E-state index contributed by atoms with van der Waals surface area (Å²) in [5.41, 5.74) is 7.71. The summed E-state index contributed by atoms with van der Waals surface area (Å²) >= 11 is 0. The van der Waals surface area contributed by atoms with Crippen molar-refractivity contribution >= 4 is 12.4 Å². The minimum Gasteiger partial charge on any atom is -0.326 e. The van der Waals surface area contributed by atoms with E-state index in [1.54, 1.807) is 0 Å². The Hall–Kier alpha value is -0.570. The van der Waals surface area contributed by atoms with E-state index in [-0.39, 0.29) is 12.4 Å². The maximum Gasteiger partial charge on any atom is 0.0249 e. The van der Waals surface area contributed by atoms with E-state index in [1.165, 1.54) is 31.4 Å². The van der Waals surface area contributed by atoms with Crippen molar-refractivity contribution in [3.63, 3.8) is 0 Å². The molecule has 0 aromatic heterocycles. The molecule has 2 N–H and O–H groups in total. The molecular formula is C15H23ClN2. The van der Waals surface area contributed by atoms with Gasteiger partial charge in [-0.15, -0.1) is 12.4 Å². The zero-order chi connectivity index (χ0) is 11.7. The van der Waals surface area contributed by atoms with Gasteiger partial charge in [0.15, 0.2) is 0 Å². The van der Waals surface area contributed by atoms with Gasteiger partial charge in [-0.3, -0.25) is 0 Å². The molecule has 1 saturated carbocycles. The van der Waals surface area contributed by atoms with Gasteiger partial charge in [0.1, 0.15) is 0 Å². The van der Waals surface area contributed by atoms with Gasteiger partial charge in [-0.2, -0.15) is 0 Å². The van der Waals surface area contributed by atoms with Gasteiger partial charge >= 0.3 is 0 Å². The minimum absolute atomic E-state index is 0. The van der Waals surface area contributed by atoms with E-state index in [0.29, 0.717) is 12.0 Å². The van der Waals surface area contributed by atoms with Crippen LogP contribution in [0.5, 0.6) is 0 Å². The second-order valence-electron chi connectivity index (χ2n) is 5.70. The van der Waals surface area contributed by atoms with Gasteiger partial charge in [0.2, 0.25) is 0 Å². The van der Waals surface area contributed by atoms with Crippen LogP contribution in [0.25, 0.3) is 0 Å². The van der Waals surface area contributed by atoms with E-state index >= 15 is 0 Å². The number of nitrogens with two attached hydrogens (primary N) is 1. The highest BCUT2D eigenvalue weighted by Gasteiger charge is 2.33. The third kappa shape index (κ3) is 2.87. The first-order chi connectivity index (χ1) is 8.33. The van der Waals surface area contributed by atoms with E-state index < -0.39 is 0 Å². The van der Waals surface area contributed by atoms with E-state index in [0.717, 1.165) is 19.0 Å². The molecule has 1 saturated heterocycles. The summed E-state index contributed by atoms with van der Waals surface area (Å²) in [5, 5.41) is 0. The maximum atomic E-state index is 6.29. The van der Waals surface area contributed by atoms with Crippen LogP contribution in [0.4, 0.5) is 0 Å². The lowest BCUT2D eigenvalue weighted by Crippen LogP contribution is -2.33. The fraction of sp³-hybridized carbons (Fsp3) is 0.600. The van der Waals surface area contributed by atoms with Crippen LogP contribution >= 0.6 is 12.4 Å². The predicted octanol–water partition coefficient (Wildman–Crippen LogP) is 2.64. The Balaban J connectivity index is 0.00000120. The molecule has 18 heavy (non-hydrogen) atoms. The molecule has 0 radical (unpaired) electrons. The molecule has 2 aliphatic rings. The first kappa shape index (κ1) is 13.9. The summed E-state index contributed by atoms with van der Waals surface area (Å²) < 4.78 is 0. The molecule has 1 aliphatic heterocycles. The number of hydrogen-bond acceptors (Lipinski definition) is 2. The largest absolute Gasteiger partial charge is 0.326 e. The van der Waals surface area contributed by atoms with E-state index in [9.17, 15) is 0 Å². The summed E-state index contributed by atoms with van der Waals surface area (Å²) in [5.74, 6) is 1.49. The molecule has 0 unspecified atom stereocenters. The fourth-order valence-corrected chi connectivity index (χ4v) is 3.16. The predicted molar refractivity (Wildman–Crippen MR) is 78.2 cm³/mol. The standard InChI is InChI=1S/C15H22N2.ClH/c16-15-11-17(9-12-5-4-6-12)10-14(15)13-7-2-1-3-8-13;/h1-3,7-8,12,14-15H,4-6,9-11,16H2;1H/t14-,15+;/m0./s1. The SMILES string of the molecule is Cl.N[C@@H]1CN(CC2CCC2)C[C@H]1c1ccccc1. The molecule has 0 amide bonds. The van der Waals surface area contributed by atoms with E-state index in [1.807, 2.05) is 0 Å². The maximum absolute atomic E-state index is 6.29. The van der Waals surface area contributed by atoms with Crippen LogP contribution in [0.3, 0.4) is 0 Å². The molecule has 1 heterocycles. The van der Waals surface area contributed by atoms with Crippen LogP contribution in [0.1, 0.15) is 30.7 Å². The molecule has 1 aromatic carbocycles. The zero-order valence-corrected chi connectivity index (χ0v) is 11.6. The molecule has 3 rings (SSSR count). The number of hydrogen-bond donors (Lipinski definition) is 1. The van der Waals surface area contributed by atoms with Crippen molar-refractivity contribution in [1.29, 1.82) is 0 Å². The first-order valence-electron chi connectivity index (χ1n) is 6.86. The van der Waals surface area contributed by atoms with Gasteiger partial charge in [0.25, 0.3) is 0 Å². The summed E-state index contributed by atoms with van der Waals surface area (Å²) in [6.45, 7) is 3.51. The molecule has 2 nitrogen and oxygen atoms in total. The molecule has 3 heteroatoms. The number of halogens is 1. The molecule has 0 bridgehead atoms. The van der Waals surface area contributed by atoms with Crippen LogP contribution in [-0.4, -0.2) is 30.6 Å². The van der Waals surface area contributed by atoms with Gasteiger partial charge in [0.05, 0.1) is 0 Å². The van der Waals surface area contributed by atoms with Crippen LogP contribution in [-0.2, 0) is 0 Å². The Morgan fingerprint density at radius 3 is 2.44 bits per heavy atom. The van der Waals surface area contributed by atoms with Crippen LogP contribution < -0.4 is 5.73 Å². The van der Waals surface area contributed by atoms with Gasteiger partial charge in [0, 0.05) is 31.6 Å².